The summed E-state index contributed by atoms with van der Waals surface area (Å²) in [4.78, 5) is -0.316. The molecule has 0 aliphatic rings. The fraction of sp³-hybridized carbons (Fsp3) is 0.200. The van der Waals surface area contributed by atoms with Crippen molar-refractivity contribution in [1.29, 1.82) is 0 Å². The molecule has 0 aliphatic heterocycles. The van der Waals surface area contributed by atoms with E-state index in [0.717, 1.165) is 5.56 Å². The number of aryl methyl sites for hydroxylation is 1. The topological polar surface area (TPSA) is 43.4 Å². The molecule has 118 valence electrons. The van der Waals surface area contributed by atoms with E-state index in [2.05, 4.69) is 4.18 Å². The number of halogens is 3. The second-order valence-corrected chi connectivity index (χ2v) is 6.27. The van der Waals surface area contributed by atoms with Crippen molar-refractivity contribution in [3.8, 4) is 0 Å². The van der Waals surface area contributed by atoms with Gasteiger partial charge in [0.05, 0.1) is 4.90 Å². The lowest BCUT2D eigenvalue weighted by atomic mass is 10.1. The molecule has 0 heterocycles. The zero-order valence-corrected chi connectivity index (χ0v) is 12.4. The lowest BCUT2D eigenvalue weighted by molar-refractivity contribution is -0.196. The molecule has 1 atom stereocenters. The van der Waals surface area contributed by atoms with Gasteiger partial charge in [-0.05, 0) is 24.6 Å². The second-order valence-electron chi connectivity index (χ2n) is 4.70. The van der Waals surface area contributed by atoms with Crippen molar-refractivity contribution in [3.63, 3.8) is 0 Å². The molecule has 7 heteroatoms. The Bertz CT molecular complexity index is 723. The Morgan fingerprint density at radius 3 is 2.00 bits per heavy atom. The molecular weight excluding hydrogens is 317 g/mol. The summed E-state index contributed by atoms with van der Waals surface area (Å²) in [5.74, 6) is 0. The van der Waals surface area contributed by atoms with Gasteiger partial charge < -0.3 is 0 Å². The van der Waals surface area contributed by atoms with E-state index in [0.29, 0.717) is 0 Å². The SMILES string of the molecule is Cc1ccc(S(=O)(=O)O[C@@H](c2ccccc2)C(F)(F)F)cc1. The summed E-state index contributed by atoms with van der Waals surface area (Å²) in [7, 11) is -4.53. The molecule has 2 aromatic rings. The number of hydrogen-bond acceptors (Lipinski definition) is 3. The first-order chi connectivity index (χ1) is 10.2. The van der Waals surface area contributed by atoms with Crippen molar-refractivity contribution in [2.45, 2.75) is 24.1 Å². The van der Waals surface area contributed by atoms with Crippen molar-refractivity contribution < 1.29 is 25.8 Å². The molecule has 0 spiro atoms. The van der Waals surface area contributed by atoms with Crippen molar-refractivity contribution in [1.82, 2.24) is 0 Å². The molecule has 0 saturated carbocycles. The van der Waals surface area contributed by atoms with Crippen LogP contribution in [0.15, 0.2) is 59.5 Å². The third kappa shape index (κ3) is 3.86. The molecule has 0 saturated heterocycles. The Kier molecular flexibility index (Phi) is 4.58. The average Bonchev–Trinajstić information content (AvgIpc) is 2.45. The van der Waals surface area contributed by atoms with E-state index in [9.17, 15) is 21.6 Å². The van der Waals surface area contributed by atoms with Crippen LogP contribution in [0, 0.1) is 6.92 Å². The monoisotopic (exact) mass is 330 g/mol. The van der Waals surface area contributed by atoms with Gasteiger partial charge in [0.1, 0.15) is 0 Å². The number of alkyl halides is 3. The minimum atomic E-state index is -4.85. The molecule has 0 radical (unpaired) electrons. The maximum atomic E-state index is 13.1. The van der Waals surface area contributed by atoms with Crippen LogP contribution in [0.3, 0.4) is 0 Å². The fourth-order valence-electron chi connectivity index (χ4n) is 1.81. The molecule has 0 N–H and O–H groups in total. The van der Waals surface area contributed by atoms with Crippen LogP contribution in [0.1, 0.15) is 17.2 Å². The first-order valence-electron chi connectivity index (χ1n) is 6.32. The summed E-state index contributed by atoms with van der Waals surface area (Å²) in [5, 5.41) is 0. The highest BCUT2D eigenvalue weighted by Gasteiger charge is 2.45. The lowest BCUT2D eigenvalue weighted by Gasteiger charge is -2.20. The standard InChI is InChI=1S/C15H13F3O3S/c1-11-7-9-13(10-8-11)22(19,20)21-14(15(16,17)18)12-5-3-2-4-6-12/h2-10,14H,1H3/t14-/m0/s1. The van der Waals surface area contributed by atoms with Gasteiger partial charge in [0.25, 0.3) is 10.1 Å². The maximum absolute atomic E-state index is 13.1. The molecule has 0 unspecified atom stereocenters. The van der Waals surface area contributed by atoms with Gasteiger partial charge in [-0.2, -0.15) is 21.6 Å². The van der Waals surface area contributed by atoms with Crippen LogP contribution in [-0.2, 0) is 14.3 Å². The summed E-state index contributed by atoms with van der Waals surface area (Å²) in [6, 6.07) is 12.0. The van der Waals surface area contributed by atoms with Crippen LogP contribution in [0.4, 0.5) is 13.2 Å². The summed E-state index contributed by atoms with van der Waals surface area (Å²) < 4.78 is 67.9. The molecule has 0 fully saturated rings. The van der Waals surface area contributed by atoms with Crippen LogP contribution < -0.4 is 0 Å². The normalized spacial score (nSPS) is 13.8. The highest BCUT2D eigenvalue weighted by molar-refractivity contribution is 7.86. The minimum absolute atomic E-state index is 0.273. The molecule has 2 aromatic carbocycles. The highest BCUT2D eigenvalue weighted by Crippen LogP contribution is 2.38. The van der Waals surface area contributed by atoms with Crippen LogP contribution in [0.25, 0.3) is 0 Å². The van der Waals surface area contributed by atoms with Crippen LogP contribution in [0.2, 0.25) is 0 Å². The smallest absolute Gasteiger partial charge is 0.248 e. The molecule has 0 aromatic heterocycles. The van der Waals surface area contributed by atoms with Crippen molar-refractivity contribution in [2.75, 3.05) is 0 Å². The Hall–Kier alpha value is -1.86. The Morgan fingerprint density at radius 2 is 1.50 bits per heavy atom. The van der Waals surface area contributed by atoms with Gasteiger partial charge in [0.2, 0.25) is 0 Å². The fourth-order valence-corrected chi connectivity index (χ4v) is 2.87. The molecule has 0 aliphatic carbocycles. The van der Waals surface area contributed by atoms with E-state index in [1.807, 2.05) is 0 Å². The van der Waals surface area contributed by atoms with Gasteiger partial charge in [0.15, 0.2) is 6.10 Å². The van der Waals surface area contributed by atoms with E-state index in [-0.39, 0.29) is 10.5 Å². The quantitative estimate of drug-likeness (QED) is 0.796. The van der Waals surface area contributed by atoms with E-state index in [1.165, 1.54) is 54.6 Å². The summed E-state index contributed by atoms with van der Waals surface area (Å²) in [6.45, 7) is 1.74. The van der Waals surface area contributed by atoms with Gasteiger partial charge in [-0.3, -0.25) is 0 Å². The third-order valence-electron chi connectivity index (χ3n) is 2.93. The molecular formula is C15H13F3O3S. The van der Waals surface area contributed by atoms with Gasteiger partial charge in [-0.1, -0.05) is 48.0 Å². The summed E-state index contributed by atoms with van der Waals surface area (Å²) in [5.41, 5.74) is 0.514. The van der Waals surface area contributed by atoms with E-state index >= 15 is 0 Å². The predicted molar refractivity (Wildman–Crippen MR) is 74.7 cm³/mol. The number of rotatable bonds is 4. The molecule has 0 bridgehead atoms. The van der Waals surface area contributed by atoms with Gasteiger partial charge in [0, 0.05) is 0 Å². The zero-order chi connectivity index (χ0) is 16.4. The Labute approximate surface area is 126 Å². The van der Waals surface area contributed by atoms with Crippen molar-refractivity contribution in [2.24, 2.45) is 0 Å². The Morgan fingerprint density at radius 1 is 0.955 bits per heavy atom. The first-order valence-corrected chi connectivity index (χ1v) is 7.72. The second kappa shape index (κ2) is 6.10. The average molecular weight is 330 g/mol. The summed E-state index contributed by atoms with van der Waals surface area (Å²) >= 11 is 0. The van der Waals surface area contributed by atoms with Gasteiger partial charge in [-0.15, -0.1) is 0 Å². The van der Waals surface area contributed by atoms with Crippen LogP contribution in [-0.4, -0.2) is 14.6 Å². The highest BCUT2D eigenvalue weighted by atomic mass is 32.2. The Balaban J connectivity index is 2.37. The molecule has 0 amide bonds. The van der Waals surface area contributed by atoms with Gasteiger partial charge in [-0.25, -0.2) is 4.18 Å². The zero-order valence-electron chi connectivity index (χ0n) is 11.5. The number of benzene rings is 2. The first kappa shape index (κ1) is 16.5. The largest absolute Gasteiger partial charge is 0.420 e. The molecule has 3 nitrogen and oxygen atoms in total. The maximum Gasteiger partial charge on any atom is 0.420 e. The van der Waals surface area contributed by atoms with Gasteiger partial charge >= 0.3 is 6.18 Å². The van der Waals surface area contributed by atoms with Crippen LogP contribution in [0.5, 0.6) is 0 Å². The third-order valence-corrected chi connectivity index (χ3v) is 4.23. The summed E-state index contributed by atoms with van der Waals surface area (Å²) in [6.07, 6.45) is -7.39. The van der Waals surface area contributed by atoms with E-state index in [4.69, 9.17) is 0 Å². The predicted octanol–water partition coefficient (Wildman–Crippen LogP) is 4.00. The minimum Gasteiger partial charge on any atom is -0.248 e. The van der Waals surface area contributed by atoms with E-state index < -0.39 is 22.4 Å². The number of hydrogen-bond donors (Lipinski definition) is 0. The van der Waals surface area contributed by atoms with Crippen molar-refractivity contribution in [3.05, 3.63) is 65.7 Å². The molecule has 22 heavy (non-hydrogen) atoms. The van der Waals surface area contributed by atoms with Crippen LogP contribution >= 0.6 is 0 Å². The lowest BCUT2D eigenvalue weighted by Crippen LogP contribution is -2.26. The molecule has 2 rings (SSSR count). The van der Waals surface area contributed by atoms with Crippen molar-refractivity contribution >= 4 is 10.1 Å². The van der Waals surface area contributed by atoms with E-state index in [1.54, 1.807) is 6.92 Å².